The largest absolute Gasteiger partial charge is 0.481 e. The smallest absolute Gasteiger partial charge is 0.326 e. The Labute approximate surface area is 108 Å². The lowest BCUT2D eigenvalue weighted by atomic mass is 10.2. The Balaban J connectivity index is 2.47. The number of hydrogen-bond donors (Lipinski definition) is 4. The van der Waals surface area contributed by atoms with Crippen molar-refractivity contribution >= 4 is 18.0 Å². The second-order valence-electron chi connectivity index (χ2n) is 3.76. The summed E-state index contributed by atoms with van der Waals surface area (Å²) < 4.78 is 1.55. The summed E-state index contributed by atoms with van der Waals surface area (Å²) in [5, 5.41) is 25.6. The highest BCUT2D eigenvalue weighted by Crippen LogP contribution is 1.96. The molecule has 1 rings (SSSR count). The Bertz CT molecular complexity index is 484. The molecule has 9 nitrogen and oxygen atoms in total. The molecule has 19 heavy (non-hydrogen) atoms. The van der Waals surface area contributed by atoms with E-state index in [9.17, 15) is 14.4 Å². The molecule has 104 valence electrons. The molecule has 9 heteroatoms. The molecular formula is C10H14N4O5. The minimum atomic E-state index is -1.47. The van der Waals surface area contributed by atoms with Gasteiger partial charge in [0.1, 0.15) is 6.04 Å². The number of carboxylic acid groups (broad SMARTS) is 2. The average Bonchev–Trinajstić information content (AvgIpc) is 2.70. The quantitative estimate of drug-likeness (QED) is 0.532. The van der Waals surface area contributed by atoms with Crippen LogP contribution in [0.4, 0.5) is 4.79 Å². The standard InChI is InChI=1S/C10H14N4O5/c1-14-6(2-3-12-14)5-11-10(19)13-7(9(17)18)4-8(15)16/h2-3,7H,4-5H2,1H3,(H,15,16)(H,17,18)(H2,11,13,19)/t7-/m0/s1. The van der Waals surface area contributed by atoms with E-state index >= 15 is 0 Å². The highest BCUT2D eigenvalue weighted by atomic mass is 16.4. The van der Waals surface area contributed by atoms with Crippen LogP contribution in [-0.2, 0) is 23.2 Å². The molecule has 0 aliphatic heterocycles. The van der Waals surface area contributed by atoms with Crippen molar-refractivity contribution in [1.29, 1.82) is 0 Å². The normalized spacial score (nSPS) is 11.6. The Morgan fingerprint density at radius 2 is 2.11 bits per heavy atom. The summed E-state index contributed by atoms with van der Waals surface area (Å²) in [4.78, 5) is 32.6. The summed E-state index contributed by atoms with van der Waals surface area (Å²) in [7, 11) is 1.69. The van der Waals surface area contributed by atoms with Gasteiger partial charge < -0.3 is 20.8 Å². The predicted octanol–water partition coefficient (Wildman–Crippen LogP) is -0.853. The molecule has 0 unspecified atom stereocenters. The molecule has 0 bridgehead atoms. The first kappa shape index (κ1) is 14.5. The van der Waals surface area contributed by atoms with Crippen LogP contribution in [0.1, 0.15) is 12.1 Å². The number of hydrogen-bond acceptors (Lipinski definition) is 4. The SMILES string of the molecule is Cn1nccc1CNC(=O)N[C@@H](CC(=O)O)C(=O)O. The molecule has 0 aliphatic carbocycles. The van der Waals surface area contributed by atoms with Crippen molar-refractivity contribution in [3.05, 3.63) is 18.0 Å². The molecule has 0 aliphatic rings. The number of amides is 2. The number of nitrogens with one attached hydrogen (secondary N) is 2. The molecule has 2 amide bonds. The third kappa shape index (κ3) is 4.66. The average molecular weight is 270 g/mol. The van der Waals surface area contributed by atoms with Gasteiger partial charge in [0.2, 0.25) is 0 Å². The number of aliphatic carboxylic acids is 2. The molecule has 1 aromatic rings. The van der Waals surface area contributed by atoms with Crippen LogP contribution in [0.25, 0.3) is 0 Å². The van der Waals surface area contributed by atoms with Gasteiger partial charge in [0, 0.05) is 13.2 Å². The Morgan fingerprint density at radius 1 is 1.42 bits per heavy atom. The van der Waals surface area contributed by atoms with Crippen LogP contribution in [0.5, 0.6) is 0 Å². The number of urea groups is 1. The van der Waals surface area contributed by atoms with Crippen molar-refractivity contribution in [3.8, 4) is 0 Å². The molecular weight excluding hydrogens is 256 g/mol. The zero-order chi connectivity index (χ0) is 14.4. The van der Waals surface area contributed by atoms with Crippen LogP contribution in [0.3, 0.4) is 0 Å². The first-order valence-corrected chi connectivity index (χ1v) is 5.36. The van der Waals surface area contributed by atoms with Gasteiger partial charge in [0.05, 0.1) is 18.7 Å². The van der Waals surface area contributed by atoms with Gasteiger partial charge in [-0.2, -0.15) is 5.10 Å². The predicted molar refractivity (Wildman–Crippen MR) is 62.3 cm³/mol. The first-order chi connectivity index (χ1) is 8.90. The molecule has 0 saturated heterocycles. The van der Waals surface area contributed by atoms with Crippen LogP contribution in [-0.4, -0.2) is 44.0 Å². The molecule has 0 radical (unpaired) electrons. The lowest BCUT2D eigenvalue weighted by Gasteiger charge is -2.13. The fourth-order valence-electron chi connectivity index (χ4n) is 1.33. The van der Waals surface area contributed by atoms with Crippen molar-refractivity contribution in [3.63, 3.8) is 0 Å². The van der Waals surface area contributed by atoms with Crippen LogP contribution in [0, 0.1) is 0 Å². The van der Waals surface area contributed by atoms with E-state index in [1.807, 2.05) is 0 Å². The second-order valence-corrected chi connectivity index (χ2v) is 3.76. The van der Waals surface area contributed by atoms with Gasteiger partial charge >= 0.3 is 18.0 Å². The van der Waals surface area contributed by atoms with Crippen molar-refractivity contribution in [2.24, 2.45) is 7.05 Å². The summed E-state index contributed by atoms with van der Waals surface area (Å²) >= 11 is 0. The Kier molecular flexibility index (Phi) is 4.86. The van der Waals surface area contributed by atoms with E-state index in [0.29, 0.717) is 0 Å². The van der Waals surface area contributed by atoms with Crippen LogP contribution in [0.15, 0.2) is 12.3 Å². The molecule has 1 atom stereocenters. The topological polar surface area (TPSA) is 134 Å². The lowest BCUT2D eigenvalue weighted by Crippen LogP contribution is -2.46. The lowest BCUT2D eigenvalue weighted by molar-refractivity contribution is -0.145. The molecule has 1 aromatic heterocycles. The van der Waals surface area contributed by atoms with E-state index in [1.165, 1.54) is 0 Å². The van der Waals surface area contributed by atoms with Gasteiger partial charge in [-0.3, -0.25) is 9.48 Å². The van der Waals surface area contributed by atoms with Gasteiger partial charge in [0.25, 0.3) is 0 Å². The summed E-state index contributed by atoms with van der Waals surface area (Å²) in [5.74, 6) is -2.71. The summed E-state index contributed by atoms with van der Waals surface area (Å²) in [6.07, 6.45) is 0.869. The third-order valence-corrected chi connectivity index (χ3v) is 2.33. The van der Waals surface area contributed by atoms with Gasteiger partial charge in [-0.1, -0.05) is 0 Å². The number of rotatable bonds is 6. The van der Waals surface area contributed by atoms with E-state index < -0.39 is 30.4 Å². The van der Waals surface area contributed by atoms with Crippen molar-refractivity contribution in [2.45, 2.75) is 19.0 Å². The van der Waals surface area contributed by atoms with E-state index in [0.717, 1.165) is 5.69 Å². The molecule has 1 heterocycles. The van der Waals surface area contributed by atoms with Crippen LogP contribution in [0.2, 0.25) is 0 Å². The monoisotopic (exact) mass is 270 g/mol. The van der Waals surface area contributed by atoms with E-state index in [1.54, 1.807) is 24.0 Å². The fraction of sp³-hybridized carbons (Fsp3) is 0.400. The van der Waals surface area contributed by atoms with E-state index in [4.69, 9.17) is 10.2 Å². The highest BCUT2D eigenvalue weighted by Gasteiger charge is 2.22. The summed E-state index contributed by atoms with van der Waals surface area (Å²) in [5.41, 5.74) is 0.722. The van der Waals surface area contributed by atoms with E-state index in [2.05, 4.69) is 15.7 Å². The third-order valence-electron chi connectivity index (χ3n) is 2.33. The van der Waals surface area contributed by atoms with Gasteiger partial charge in [-0.25, -0.2) is 9.59 Å². The molecule has 0 saturated carbocycles. The molecule has 0 aromatic carbocycles. The van der Waals surface area contributed by atoms with Crippen molar-refractivity contribution in [2.75, 3.05) is 0 Å². The second kappa shape index (κ2) is 6.38. The van der Waals surface area contributed by atoms with Gasteiger partial charge in [0.15, 0.2) is 0 Å². The minimum absolute atomic E-state index is 0.155. The summed E-state index contributed by atoms with van der Waals surface area (Å²) in [6.45, 7) is 0.155. The number of carbonyl (C=O) groups is 3. The van der Waals surface area contributed by atoms with Gasteiger partial charge in [-0.05, 0) is 6.07 Å². The number of carbonyl (C=O) groups excluding carboxylic acids is 1. The fourth-order valence-corrected chi connectivity index (χ4v) is 1.33. The van der Waals surface area contributed by atoms with Crippen LogP contribution < -0.4 is 10.6 Å². The van der Waals surface area contributed by atoms with Crippen LogP contribution >= 0.6 is 0 Å². The molecule has 0 spiro atoms. The molecule has 0 fully saturated rings. The Morgan fingerprint density at radius 3 is 2.58 bits per heavy atom. The maximum atomic E-state index is 11.4. The zero-order valence-corrected chi connectivity index (χ0v) is 10.2. The van der Waals surface area contributed by atoms with Crippen molar-refractivity contribution < 1.29 is 24.6 Å². The first-order valence-electron chi connectivity index (χ1n) is 5.36. The van der Waals surface area contributed by atoms with Gasteiger partial charge in [-0.15, -0.1) is 0 Å². The minimum Gasteiger partial charge on any atom is -0.481 e. The highest BCUT2D eigenvalue weighted by molar-refractivity contribution is 5.86. The number of nitrogens with zero attached hydrogens (tertiary/aromatic N) is 2. The number of carboxylic acids is 2. The van der Waals surface area contributed by atoms with E-state index in [-0.39, 0.29) is 6.54 Å². The summed E-state index contributed by atoms with van der Waals surface area (Å²) in [6, 6.07) is -0.537. The van der Waals surface area contributed by atoms with Crippen molar-refractivity contribution in [1.82, 2.24) is 20.4 Å². The number of aromatic nitrogens is 2. The molecule has 4 N–H and O–H groups in total. The maximum Gasteiger partial charge on any atom is 0.326 e. The zero-order valence-electron chi connectivity index (χ0n) is 10.2. The number of aryl methyl sites for hydroxylation is 1. The Hall–Kier alpha value is -2.58. The maximum absolute atomic E-state index is 11.4.